The Bertz CT molecular complexity index is 220. The van der Waals surface area contributed by atoms with Crippen LogP contribution in [0.3, 0.4) is 0 Å². The number of nitrogens with one attached hydrogen (secondary N) is 1. The van der Waals surface area contributed by atoms with Gasteiger partial charge in [-0.05, 0) is 46.4 Å². The average Bonchev–Trinajstić information content (AvgIpc) is 2.29. The molecule has 1 atom stereocenters. The van der Waals surface area contributed by atoms with E-state index >= 15 is 0 Å². The maximum Gasteiger partial charge on any atom is 0.233 e. The summed E-state index contributed by atoms with van der Waals surface area (Å²) in [5.74, 6) is 4.96. The van der Waals surface area contributed by atoms with Gasteiger partial charge in [0, 0.05) is 19.0 Å². The number of carbonyl (C=O) groups excluding carboxylic acids is 1. The molecule has 0 aromatic carbocycles. The van der Waals surface area contributed by atoms with Crippen molar-refractivity contribution in [2.75, 3.05) is 33.7 Å². The van der Waals surface area contributed by atoms with Crippen LogP contribution in [-0.2, 0) is 4.79 Å². The van der Waals surface area contributed by atoms with Gasteiger partial charge in [-0.1, -0.05) is 0 Å². The molecule has 0 saturated carbocycles. The summed E-state index contributed by atoms with van der Waals surface area (Å²) in [6.45, 7) is 3.28. The van der Waals surface area contributed by atoms with Crippen molar-refractivity contribution >= 4 is 5.91 Å². The van der Waals surface area contributed by atoms with Crippen molar-refractivity contribution in [1.82, 2.24) is 15.2 Å². The Labute approximate surface area is 97.9 Å². The minimum Gasteiger partial charge on any atom is -0.305 e. The molecular weight excluding hydrogens is 204 g/mol. The van der Waals surface area contributed by atoms with Gasteiger partial charge in [-0.15, -0.1) is 0 Å². The Balaban J connectivity index is 2.19. The fourth-order valence-corrected chi connectivity index (χ4v) is 2.19. The number of nitrogens with two attached hydrogens (primary N) is 1. The second-order valence-corrected chi connectivity index (χ2v) is 4.73. The molecule has 0 spiro atoms. The van der Waals surface area contributed by atoms with Gasteiger partial charge < -0.3 is 9.80 Å². The molecule has 1 heterocycles. The second kappa shape index (κ2) is 6.83. The number of hydrazine groups is 1. The molecule has 3 N–H and O–H groups in total. The van der Waals surface area contributed by atoms with Gasteiger partial charge in [-0.3, -0.25) is 10.2 Å². The predicted octanol–water partition coefficient (Wildman–Crippen LogP) is -0.217. The molecule has 1 aliphatic heterocycles. The van der Waals surface area contributed by atoms with E-state index < -0.39 is 0 Å². The molecule has 0 bridgehead atoms. The number of hydrogen-bond donors (Lipinski definition) is 2. The summed E-state index contributed by atoms with van der Waals surface area (Å²) < 4.78 is 0. The minimum absolute atomic E-state index is 0.0684. The van der Waals surface area contributed by atoms with Crippen molar-refractivity contribution in [2.24, 2.45) is 5.84 Å². The molecule has 0 aliphatic carbocycles. The monoisotopic (exact) mass is 228 g/mol. The quantitative estimate of drug-likeness (QED) is 0.388. The molecule has 16 heavy (non-hydrogen) atoms. The number of piperidine rings is 1. The van der Waals surface area contributed by atoms with Crippen LogP contribution in [0.4, 0.5) is 0 Å². The maximum atomic E-state index is 11.0. The van der Waals surface area contributed by atoms with Gasteiger partial charge >= 0.3 is 0 Å². The lowest BCUT2D eigenvalue weighted by Crippen LogP contribution is -2.45. The van der Waals surface area contributed by atoms with Crippen molar-refractivity contribution in [3.8, 4) is 0 Å². The van der Waals surface area contributed by atoms with E-state index in [-0.39, 0.29) is 5.91 Å². The molecule has 1 amide bonds. The molecule has 0 aromatic heterocycles. The van der Waals surface area contributed by atoms with Crippen LogP contribution in [0.5, 0.6) is 0 Å². The lowest BCUT2D eigenvalue weighted by Gasteiger charge is -2.36. The molecule has 1 fully saturated rings. The van der Waals surface area contributed by atoms with Crippen molar-refractivity contribution in [2.45, 2.75) is 31.7 Å². The second-order valence-electron chi connectivity index (χ2n) is 4.73. The smallest absolute Gasteiger partial charge is 0.233 e. The molecule has 1 rings (SSSR count). The first-order chi connectivity index (χ1) is 7.63. The Morgan fingerprint density at radius 2 is 2.31 bits per heavy atom. The van der Waals surface area contributed by atoms with E-state index in [1.807, 2.05) is 0 Å². The highest BCUT2D eigenvalue weighted by Gasteiger charge is 2.20. The highest BCUT2D eigenvalue weighted by atomic mass is 16.2. The summed E-state index contributed by atoms with van der Waals surface area (Å²) in [5.41, 5.74) is 2.16. The van der Waals surface area contributed by atoms with Crippen LogP contribution in [0, 0.1) is 0 Å². The first-order valence-electron chi connectivity index (χ1n) is 6.01. The summed E-state index contributed by atoms with van der Waals surface area (Å²) in [6, 6.07) is 0.664. The number of carbonyl (C=O) groups is 1. The molecule has 1 unspecified atom stereocenters. The molecular formula is C11H24N4O. The number of likely N-dealkylation sites (tertiary alicyclic amines) is 1. The minimum atomic E-state index is -0.0684. The van der Waals surface area contributed by atoms with Crippen LogP contribution in [0.25, 0.3) is 0 Å². The zero-order chi connectivity index (χ0) is 12.0. The van der Waals surface area contributed by atoms with E-state index in [9.17, 15) is 4.79 Å². The SMILES string of the molecule is CN(C)C1CCCN(CCCC(=O)NN)C1. The summed E-state index contributed by atoms with van der Waals surface area (Å²) in [4.78, 5) is 15.7. The van der Waals surface area contributed by atoms with Gasteiger partial charge in [0.05, 0.1) is 0 Å². The van der Waals surface area contributed by atoms with Gasteiger partial charge in [-0.25, -0.2) is 5.84 Å². The summed E-state index contributed by atoms with van der Waals surface area (Å²) >= 11 is 0. The van der Waals surface area contributed by atoms with Crippen molar-refractivity contribution < 1.29 is 4.79 Å². The Kier molecular flexibility index (Phi) is 5.73. The fraction of sp³-hybridized carbons (Fsp3) is 0.909. The van der Waals surface area contributed by atoms with Gasteiger partial charge in [0.2, 0.25) is 5.91 Å². The van der Waals surface area contributed by atoms with Crippen molar-refractivity contribution in [1.29, 1.82) is 0 Å². The third-order valence-electron chi connectivity index (χ3n) is 3.25. The number of amides is 1. The van der Waals surface area contributed by atoms with Gasteiger partial charge in [0.25, 0.3) is 0 Å². The zero-order valence-electron chi connectivity index (χ0n) is 10.4. The van der Waals surface area contributed by atoms with Crippen LogP contribution < -0.4 is 11.3 Å². The summed E-state index contributed by atoms with van der Waals surface area (Å²) in [5, 5.41) is 0. The molecule has 0 radical (unpaired) electrons. The van der Waals surface area contributed by atoms with Crippen LogP contribution in [0.1, 0.15) is 25.7 Å². The normalized spacial score (nSPS) is 22.4. The highest BCUT2D eigenvalue weighted by molar-refractivity contribution is 5.75. The number of rotatable bonds is 5. The topological polar surface area (TPSA) is 61.6 Å². The van der Waals surface area contributed by atoms with E-state index in [0.717, 1.165) is 26.1 Å². The number of hydrogen-bond acceptors (Lipinski definition) is 4. The van der Waals surface area contributed by atoms with E-state index in [1.165, 1.54) is 12.8 Å². The summed E-state index contributed by atoms with van der Waals surface area (Å²) in [7, 11) is 4.27. The van der Waals surface area contributed by atoms with Crippen LogP contribution in [0.15, 0.2) is 0 Å². The summed E-state index contributed by atoms with van der Waals surface area (Å²) in [6.07, 6.45) is 3.96. The average molecular weight is 228 g/mol. The molecule has 1 saturated heterocycles. The number of likely N-dealkylation sites (N-methyl/N-ethyl adjacent to an activating group) is 1. The first-order valence-corrected chi connectivity index (χ1v) is 6.01. The molecule has 1 aliphatic rings. The molecule has 94 valence electrons. The Morgan fingerprint density at radius 3 is 2.94 bits per heavy atom. The Hall–Kier alpha value is -0.650. The van der Waals surface area contributed by atoms with Crippen LogP contribution in [-0.4, -0.2) is 55.5 Å². The van der Waals surface area contributed by atoms with Crippen molar-refractivity contribution in [3.05, 3.63) is 0 Å². The third kappa shape index (κ3) is 4.47. The maximum absolute atomic E-state index is 11.0. The zero-order valence-corrected chi connectivity index (χ0v) is 10.4. The first kappa shape index (κ1) is 13.4. The number of nitrogens with zero attached hydrogens (tertiary/aromatic N) is 2. The highest BCUT2D eigenvalue weighted by Crippen LogP contribution is 2.13. The third-order valence-corrected chi connectivity index (χ3v) is 3.25. The van der Waals surface area contributed by atoms with E-state index in [1.54, 1.807) is 0 Å². The Morgan fingerprint density at radius 1 is 1.56 bits per heavy atom. The molecule has 0 aromatic rings. The van der Waals surface area contributed by atoms with Gasteiger partial charge in [-0.2, -0.15) is 0 Å². The largest absolute Gasteiger partial charge is 0.305 e. The lowest BCUT2D eigenvalue weighted by molar-refractivity contribution is -0.121. The molecule has 5 nitrogen and oxygen atoms in total. The lowest BCUT2D eigenvalue weighted by atomic mass is 10.0. The van der Waals surface area contributed by atoms with Crippen LogP contribution in [0.2, 0.25) is 0 Å². The van der Waals surface area contributed by atoms with Crippen LogP contribution >= 0.6 is 0 Å². The van der Waals surface area contributed by atoms with Gasteiger partial charge in [0.15, 0.2) is 0 Å². The van der Waals surface area contributed by atoms with E-state index in [0.29, 0.717) is 12.5 Å². The predicted molar refractivity (Wildman–Crippen MR) is 64.7 cm³/mol. The van der Waals surface area contributed by atoms with Crippen molar-refractivity contribution in [3.63, 3.8) is 0 Å². The molecule has 5 heteroatoms. The standard InChI is InChI=1S/C11H24N4O/c1-14(2)10-5-3-7-15(9-10)8-4-6-11(16)13-12/h10H,3-9,12H2,1-2H3,(H,13,16). The van der Waals surface area contributed by atoms with Gasteiger partial charge in [0.1, 0.15) is 0 Å². The van der Waals surface area contributed by atoms with E-state index in [4.69, 9.17) is 5.84 Å². The van der Waals surface area contributed by atoms with E-state index in [2.05, 4.69) is 29.3 Å². The fourth-order valence-electron chi connectivity index (χ4n) is 2.19.